The Morgan fingerprint density at radius 3 is 2.32 bits per heavy atom. The fraction of sp³-hybridized carbons (Fsp3) is 0.562. The summed E-state index contributed by atoms with van der Waals surface area (Å²) >= 11 is 5.94. The maximum atomic E-state index is 12.8. The average molecular weight is 278 g/mol. The van der Waals surface area contributed by atoms with Crippen LogP contribution in [0.15, 0.2) is 24.3 Å². The number of carbonyl (C=O) groups excluding carboxylic acids is 1. The molecule has 0 aromatic heterocycles. The fourth-order valence-corrected chi connectivity index (χ4v) is 3.15. The summed E-state index contributed by atoms with van der Waals surface area (Å²) in [5.74, 6) is 0.954. The highest BCUT2D eigenvalue weighted by atomic mass is 35.5. The standard InChI is InChI=1S/C16H20ClNO/c17-14-8-6-13(7-9-14)15(12-4-5-12)16(19)18-10-2-1-3-11-18/h6-9,12,15H,1-5,10-11H2. The molecule has 1 aromatic carbocycles. The second-order valence-corrected chi connectivity index (χ2v) is 6.19. The number of nitrogens with zero attached hydrogens (tertiary/aromatic N) is 1. The van der Waals surface area contributed by atoms with Crippen LogP contribution in [0.1, 0.15) is 43.6 Å². The molecule has 0 bridgehead atoms. The predicted molar refractivity (Wildman–Crippen MR) is 77.3 cm³/mol. The molecular weight excluding hydrogens is 258 g/mol. The molecule has 0 spiro atoms. The van der Waals surface area contributed by atoms with Gasteiger partial charge in [-0.05, 0) is 55.7 Å². The SMILES string of the molecule is O=C(C(c1ccc(Cl)cc1)C1CC1)N1CCCCC1. The van der Waals surface area contributed by atoms with Gasteiger partial charge >= 0.3 is 0 Å². The lowest BCUT2D eigenvalue weighted by atomic mass is 9.92. The Morgan fingerprint density at radius 1 is 1.11 bits per heavy atom. The topological polar surface area (TPSA) is 20.3 Å². The van der Waals surface area contributed by atoms with Crippen LogP contribution in [-0.4, -0.2) is 23.9 Å². The van der Waals surface area contributed by atoms with Gasteiger partial charge in [-0.3, -0.25) is 4.79 Å². The minimum Gasteiger partial charge on any atom is -0.342 e. The summed E-state index contributed by atoms with van der Waals surface area (Å²) in [6.07, 6.45) is 5.95. The summed E-state index contributed by atoms with van der Waals surface area (Å²) in [6, 6.07) is 7.84. The van der Waals surface area contributed by atoms with Crippen molar-refractivity contribution in [3.63, 3.8) is 0 Å². The lowest BCUT2D eigenvalue weighted by Gasteiger charge is -2.30. The molecule has 3 heteroatoms. The minimum atomic E-state index is 0.0652. The highest BCUT2D eigenvalue weighted by molar-refractivity contribution is 6.30. The molecular formula is C16H20ClNO. The van der Waals surface area contributed by atoms with Crippen LogP contribution in [0.25, 0.3) is 0 Å². The van der Waals surface area contributed by atoms with Gasteiger partial charge in [0.2, 0.25) is 5.91 Å². The van der Waals surface area contributed by atoms with Gasteiger partial charge in [-0.25, -0.2) is 0 Å². The third kappa shape index (κ3) is 2.94. The van der Waals surface area contributed by atoms with Crippen molar-refractivity contribution in [1.82, 2.24) is 4.90 Å². The van der Waals surface area contributed by atoms with E-state index in [1.54, 1.807) is 0 Å². The first kappa shape index (κ1) is 13.0. The van der Waals surface area contributed by atoms with Gasteiger partial charge in [0.05, 0.1) is 5.92 Å². The molecule has 1 atom stereocenters. The van der Waals surface area contributed by atoms with Crippen molar-refractivity contribution in [2.75, 3.05) is 13.1 Å². The Labute approximate surface area is 119 Å². The Morgan fingerprint density at radius 2 is 1.74 bits per heavy atom. The van der Waals surface area contributed by atoms with E-state index in [-0.39, 0.29) is 5.92 Å². The van der Waals surface area contributed by atoms with Gasteiger partial charge in [0.25, 0.3) is 0 Å². The summed E-state index contributed by atoms with van der Waals surface area (Å²) in [5, 5.41) is 0.740. The highest BCUT2D eigenvalue weighted by Gasteiger charge is 2.39. The van der Waals surface area contributed by atoms with Crippen molar-refractivity contribution in [3.05, 3.63) is 34.9 Å². The summed E-state index contributed by atoms with van der Waals surface area (Å²) < 4.78 is 0. The number of hydrogen-bond acceptors (Lipinski definition) is 1. The monoisotopic (exact) mass is 277 g/mol. The van der Waals surface area contributed by atoms with Crippen LogP contribution in [-0.2, 0) is 4.79 Å². The highest BCUT2D eigenvalue weighted by Crippen LogP contribution is 2.44. The van der Waals surface area contributed by atoms with E-state index in [4.69, 9.17) is 11.6 Å². The quantitative estimate of drug-likeness (QED) is 0.822. The lowest BCUT2D eigenvalue weighted by Crippen LogP contribution is -2.39. The van der Waals surface area contributed by atoms with Crippen LogP contribution in [0, 0.1) is 5.92 Å². The molecule has 3 rings (SSSR count). The minimum absolute atomic E-state index is 0.0652. The number of halogens is 1. The van der Waals surface area contributed by atoms with Gasteiger partial charge in [0.1, 0.15) is 0 Å². The van der Waals surface area contributed by atoms with Gasteiger partial charge in [0, 0.05) is 18.1 Å². The third-order valence-corrected chi connectivity index (χ3v) is 4.51. The molecule has 1 aromatic rings. The lowest BCUT2D eigenvalue weighted by molar-refractivity contribution is -0.134. The van der Waals surface area contributed by atoms with Gasteiger partial charge in [-0.2, -0.15) is 0 Å². The number of rotatable bonds is 3. The van der Waals surface area contributed by atoms with E-state index in [2.05, 4.69) is 4.90 Å². The van der Waals surface area contributed by atoms with Gasteiger partial charge in [-0.1, -0.05) is 23.7 Å². The summed E-state index contributed by atoms with van der Waals surface area (Å²) in [5.41, 5.74) is 1.14. The van der Waals surface area contributed by atoms with Crippen LogP contribution in [0.5, 0.6) is 0 Å². The largest absolute Gasteiger partial charge is 0.342 e. The second-order valence-electron chi connectivity index (χ2n) is 5.75. The van der Waals surface area contributed by atoms with E-state index in [1.165, 1.54) is 19.3 Å². The molecule has 2 aliphatic rings. The van der Waals surface area contributed by atoms with Crippen molar-refractivity contribution < 1.29 is 4.79 Å². The first-order valence-corrected chi connectivity index (χ1v) is 7.68. The predicted octanol–water partition coefficient (Wildman–Crippen LogP) is 3.85. The summed E-state index contributed by atoms with van der Waals surface area (Å²) in [7, 11) is 0. The second kappa shape index (κ2) is 5.54. The molecule has 0 N–H and O–H groups in total. The van der Waals surface area contributed by atoms with Gasteiger partial charge in [0.15, 0.2) is 0 Å². The zero-order valence-electron chi connectivity index (χ0n) is 11.1. The number of piperidine rings is 1. The van der Waals surface area contributed by atoms with E-state index in [1.807, 2.05) is 24.3 Å². The van der Waals surface area contributed by atoms with Crippen LogP contribution in [0.2, 0.25) is 5.02 Å². The molecule has 1 amide bonds. The molecule has 2 nitrogen and oxygen atoms in total. The number of benzene rings is 1. The Hall–Kier alpha value is -1.02. The number of amides is 1. The first-order valence-electron chi connectivity index (χ1n) is 7.30. The van der Waals surface area contributed by atoms with E-state index < -0.39 is 0 Å². The van der Waals surface area contributed by atoms with Crippen molar-refractivity contribution in [2.45, 2.75) is 38.0 Å². The van der Waals surface area contributed by atoms with Crippen molar-refractivity contribution in [1.29, 1.82) is 0 Å². The molecule has 1 unspecified atom stereocenters. The normalized spacial score (nSPS) is 21.2. The van der Waals surface area contributed by atoms with Crippen molar-refractivity contribution in [2.24, 2.45) is 5.92 Å². The van der Waals surface area contributed by atoms with Crippen molar-refractivity contribution >= 4 is 17.5 Å². The zero-order valence-corrected chi connectivity index (χ0v) is 11.9. The molecule has 102 valence electrons. The Bertz CT molecular complexity index is 446. The van der Waals surface area contributed by atoms with Crippen LogP contribution >= 0.6 is 11.6 Å². The average Bonchev–Trinajstić information content (AvgIpc) is 3.27. The maximum Gasteiger partial charge on any atom is 0.230 e. The maximum absolute atomic E-state index is 12.8. The number of likely N-dealkylation sites (tertiary alicyclic amines) is 1. The number of hydrogen-bond donors (Lipinski definition) is 0. The van der Waals surface area contributed by atoms with Crippen LogP contribution < -0.4 is 0 Å². The van der Waals surface area contributed by atoms with Gasteiger partial charge < -0.3 is 4.90 Å². The third-order valence-electron chi connectivity index (χ3n) is 4.26. The first-order chi connectivity index (χ1) is 9.25. The van der Waals surface area contributed by atoms with Crippen LogP contribution in [0.3, 0.4) is 0 Å². The Balaban J connectivity index is 1.80. The van der Waals surface area contributed by atoms with E-state index in [0.717, 1.165) is 36.5 Å². The summed E-state index contributed by atoms with van der Waals surface area (Å²) in [4.78, 5) is 14.8. The summed E-state index contributed by atoms with van der Waals surface area (Å²) in [6.45, 7) is 1.88. The number of carbonyl (C=O) groups is 1. The molecule has 1 aliphatic carbocycles. The molecule has 19 heavy (non-hydrogen) atoms. The van der Waals surface area contributed by atoms with E-state index in [0.29, 0.717) is 11.8 Å². The molecule has 1 heterocycles. The van der Waals surface area contributed by atoms with E-state index in [9.17, 15) is 4.79 Å². The smallest absolute Gasteiger partial charge is 0.230 e. The molecule has 2 fully saturated rings. The molecule has 1 saturated heterocycles. The zero-order chi connectivity index (χ0) is 13.2. The fourth-order valence-electron chi connectivity index (χ4n) is 3.03. The Kier molecular flexibility index (Phi) is 3.79. The molecule has 1 aliphatic heterocycles. The van der Waals surface area contributed by atoms with Gasteiger partial charge in [-0.15, -0.1) is 0 Å². The van der Waals surface area contributed by atoms with Crippen molar-refractivity contribution in [3.8, 4) is 0 Å². The molecule has 1 saturated carbocycles. The van der Waals surface area contributed by atoms with E-state index >= 15 is 0 Å². The molecule has 0 radical (unpaired) electrons. The van der Waals surface area contributed by atoms with Crippen LogP contribution in [0.4, 0.5) is 0 Å².